The summed E-state index contributed by atoms with van der Waals surface area (Å²) in [4.78, 5) is 0. The van der Waals surface area contributed by atoms with Gasteiger partial charge in [0.2, 0.25) is 0 Å². The largest absolute Gasteiger partial charge is 0.316 e. The number of para-hydroxylation sites is 1. The number of benzene rings is 1. The van der Waals surface area contributed by atoms with E-state index in [0.717, 1.165) is 37.4 Å². The minimum atomic E-state index is 0.164. The number of tetrazole rings is 1. The molecule has 1 atom stereocenters. The zero-order valence-corrected chi connectivity index (χ0v) is 12.5. The van der Waals surface area contributed by atoms with Crippen LogP contribution < -0.4 is 5.32 Å². The van der Waals surface area contributed by atoms with E-state index in [2.05, 4.69) is 41.6 Å². The van der Waals surface area contributed by atoms with Crippen molar-refractivity contribution in [3.05, 3.63) is 36.2 Å². The van der Waals surface area contributed by atoms with Gasteiger partial charge in [-0.2, -0.15) is 4.68 Å². The molecule has 0 aliphatic carbocycles. The molecule has 0 spiro atoms. The maximum atomic E-state index is 4.21. The molecule has 0 bridgehead atoms. The number of hydrogen-bond acceptors (Lipinski definition) is 4. The predicted octanol–water partition coefficient (Wildman–Crippen LogP) is 2.23. The predicted molar refractivity (Wildman–Crippen MR) is 79.8 cm³/mol. The minimum Gasteiger partial charge on any atom is -0.316 e. The van der Waals surface area contributed by atoms with Gasteiger partial charge < -0.3 is 5.32 Å². The van der Waals surface area contributed by atoms with Crippen molar-refractivity contribution in [2.45, 2.75) is 33.6 Å². The first-order valence-electron chi connectivity index (χ1n) is 7.22. The molecule has 5 heteroatoms. The lowest BCUT2D eigenvalue weighted by Crippen LogP contribution is -2.34. The lowest BCUT2D eigenvalue weighted by Gasteiger charge is -2.27. The summed E-state index contributed by atoms with van der Waals surface area (Å²) in [5.74, 6) is 0.915. The van der Waals surface area contributed by atoms with Crippen LogP contribution in [0, 0.1) is 5.41 Å². The van der Waals surface area contributed by atoms with E-state index in [0.29, 0.717) is 0 Å². The van der Waals surface area contributed by atoms with Crippen LogP contribution in [-0.4, -0.2) is 33.3 Å². The second kappa shape index (κ2) is 6.61. The van der Waals surface area contributed by atoms with Crippen molar-refractivity contribution in [2.24, 2.45) is 5.41 Å². The van der Waals surface area contributed by atoms with E-state index in [1.165, 1.54) is 0 Å². The maximum absolute atomic E-state index is 4.21. The molecular weight excluding hydrogens is 250 g/mol. The van der Waals surface area contributed by atoms with Crippen molar-refractivity contribution >= 4 is 0 Å². The summed E-state index contributed by atoms with van der Waals surface area (Å²) < 4.78 is 1.83. The number of rotatable bonds is 7. The molecule has 0 amide bonds. The van der Waals surface area contributed by atoms with Gasteiger partial charge in [-0.25, -0.2) is 0 Å². The minimum absolute atomic E-state index is 0.164. The standard InChI is InChI=1S/C15H23N5/c1-4-15(3,12-16-5-2)11-14-17-18-19-20(14)13-9-7-6-8-10-13/h6-10,16H,4-5,11-12H2,1-3H3. The van der Waals surface area contributed by atoms with Crippen LogP contribution >= 0.6 is 0 Å². The van der Waals surface area contributed by atoms with E-state index >= 15 is 0 Å². The molecule has 0 radical (unpaired) electrons. The van der Waals surface area contributed by atoms with E-state index in [4.69, 9.17) is 0 Å². The van der Waals surface area contributed by atoms with Crippen molar-refractivity contribution in [1.29, 1.82) is 0 Å². The summed E-state index contributed by atoms with van der Waals surface area (Å²) in [6.45, 7) is 8.58. The molecule has 1 N–H and O–H groups in total. The molecule has 2 rings (SSSR count). The zero-order chi connectivity index (χ0) is 14.4. The fourth-order valence-corrected chi connectivity index (χ4v) is 2.21. The van der Waals surface area contributed by atoms with Gasteiger partial charge >= 0.3 is 0 Å². The molecule has 1 heterocycles. The summed E-state index contributed by atoms with van der Waals surface area (Å²) in [6, 6.07) is 10.0. The second-order valence-electron chi connectivity index (χ2n) is 5.46. The molecule has 0 saturated heterocycles. The lowest BCUT2D eigenvalue weighted by atomic mass is 9.83. The molecule has 2 aromatic rings. The van der Waals surface area contributed by atoms with E-state index in [-0.39, 0.29) is 5.41 Å². The van der Waals surface area contributed by atoms with Crippen LogP contribution in [-0.2, 0) is 6.42 Å². The first-order chi connectivity index (χ1) is 9.68. The molecule has 1 aromatic carbocycles. The van der Waals surface area contributed by atoms with Crippen molar-refractivity contribution in [3.8, 4) is 5.69 Å². The van der Waals surface area contributed by atoms with Gasteiger partial charge in [-0.05, 0) is 40.9 Å². The van der Waals surface area contributed by atoms with Gasteiger partial charge in [0.05, 0.1) is 5.69 Å². The topological polar surface area (TPSA) is 55.6 Å². The number of nitrogens with zero attached hydrogens (tertiary/aromatic N) is 4. The van der Waals surface area contributed by atoms with Crippen LogP contribution in [0.4, 0.5) is 0 Å². The van der Waals surface area contributed by atoms with Gasteiger partial charge in [0.15, 0.2) is 5.82 Å². The number of nitrogens with one attached hydrogen (secondary N) is 1. The maximum Gasteiger partial charge on any atom is 0.157 e. The average Bonchev–Trinajstić information content (AvgIpc) is 2.94. The Labute approximate surface area is 120 Å². The molecule has 108 valence electrons. The Kier molecular flexibility index (Phi) is 4.84. The van der Waals surface area contributed by atoms with Crippen LogP contribution in [0.25, 0.3) is 5.69 Å². The molecule has 0 aliphatic rings. The van der Waals surface area contributed by atoms with Gasteiger partial charge in [0.25, 0.3) is 0 Å². The van der Waals surface area contributed by atoms with Crippen LogP contribution in [0.15, 0.2) is 30.3 Å². The summed E-state index contributed by atoms with van der Waals surface area (Å²) >= 11 is 0. The zero-order valence-electron chi connectivity index (χ0n) is 12.5. The van der Waals surface area contributed by atoms with Gasteiger partial charge in [-0.15, -0.1) is 5.10 Å². The average molecular weight is 273 g/mol. The molecule has 0 aliphatic heterocycles. The van der Waals surface area contributed by atoms with Gasteiger partial charge in [0.1, 0.15) is 0 Å². The monoisotopic (exact) mass is 273 g/mol. The molecule has 1 aromatic heterocycles. The van der Waals surface area contributed by atoms with Gasteiger partial charge in [-0.3, -0.25) is 0 Å². The third-order valence-corrected chi connectivity index (χ3v) is 3.78. The fraction of sp³-hybridized carbons (Fsp3) is 0.533. The molecular formula is C15H23N5. The van der Waals surface area contributed by atoms with Crippen LogP contribution in [0.1, 0.15) is 33.0 Å². The fourth-order valence-electron chi connectivity index (χ4n) is 2.21. The smallest absolute Gasteiger partial charge is 0.157 e. The highest BCUT2D eigenvalue weighted by molar-refractivity contribution is 5.30. The SMILES string of the molecule is CCNCC(C)(CC)Cc1nnnn1-c1ccccc1. The summed E-state index contributed by atoms with van der Waals surface area (Å²) in [6.07, 6.45) is 1.94. The summed E-state index contributed by atoms with van der Waals surface area (Å²) in [5.41, 5.74) is 1.17. The Morgan fingerprint density at radius 2 is 1.95 bits per heavy atom. The van der Waals surface area contributed by atoms with Crippen molar-refractivity contribution < 1.29 is 0 Å². The van der Waals surface area contributed by atoms with Gasteiger partial charge in [-0.1, -0.05) is 39.0 Å². The van der Waals surface area contributed by atoms with E-state index in [1.54, 1.807) is 0 Å². The summed E-state index contributed by atoms with van der Waals surface area (Å²) in [7, 11) is 0. The molecule has 1 unspecified atom stereocenters. The first kappa shape index (κ1) is 14.7. The molecule has 5 nitrogen and oxygen atoms in total. The van der Waals surface area contributed by atoms with Crippen LogP contribution in [0.5, 0.6) is 0 Å². The van der Waals surface area contributed by atoms with Crippen LogP contribution in [0.2, 0.25) is 0 Å². The third-order valence-electron chi connectivity index (χ3n) is 3.78. The Morgan fingerprint density at radius 3 is 2.60 bits per heavy atom. The summed E-state index contributed by atoms with van der Waals surface area (Å²) in [5, 5.41) is 15.6. The Hall–Kier alpha value is -1.75. The molecule has 20 heavy (non-hydrogen) atoms. The van der Waals surface area contributed by atoms with E-state index in [1.807, 2.05) is 35.0 Å². The molecule has 0 saturated carbocycles. The number of aromatic nitrogens is 4. The highest BCUT2D eigenvalue weighted by Crippen LogP contribution is 2.25. The van der Waals surface area contributed by atoms with Crippen molar-refractivity contribution in [3.63, 3.8) is 0 Å². The Morgan fingerprint density at radius 1 is 1.20 bits per heavy atom. The normalized spacial score (nSPS) is 14.2. The quantitative estimate of drug-likeness (QED) is 0.840. The highest BCUT2D eigenvalue weighted by atomic mass is 15.5. The van der Waals surface area contributed by atoms with Gasteiger partial charge in [0, 0.05) is 13.0 Å². The van der Waals surface area contributed by atoms with E-state index < -0.39 is 0 Å². The van der Waals surface area contributed by atoms with Crippen molar-refractivity contribution in [1.82, 2.24) is 25.5 Å². The molecule has 0 fully saturated rings. The third kappa shape index (κ3) is 3.42. The lowest BCUT2D eigenvalue weighted by molar-refractivity contribution is 0.285. The second-order valence-corrected chi connectivity index (χ2v) is 5.46. The number of hydrogen-bond donors (Lipinski definition) is 1. The van der Waals surface area contributed by atoms with Crippen LogP contribution in [0.3, 0.4) is 0 Å². The highest BCUT2D eigenvalue weighted by Gasteiger charge is 2.25. The first-order valence-corrected chi connectivity index (χ1v) is 7.22. The Balaban J connectivity index is 2.20. The Bertz CT molecular complexity index is 522. The van der Waals surface area contributed by atoms with Crippen molar-refractivity contribution in [2.75, 3.05) is 13.1 Å². The van der Waals surface area contributed by atoms with E-state index in [9.17, 15) is 0 Å².